The van der Waals surface area contributed by atoms with Crippen LogP contribution in [-0.4, -0.2) is 18.8 Å². The fourth-order valence-electron chi connectivity index (χ4n) is 1.06. The number of alkyl halides is 3. The Labute approximate surface area is 109 Å². The number of nitrogens with one attached hydrogen (secondary N) is 2. The largest absolute Gasteiger partial charge is 0.405 e. The fourth-order valence-corrected chi connectivity index (χ4v) is 1.43. The highest BCUT2D eigenvalue weighted by Gasteiger charge is 2.27. The second kappa shape index (κ2) is 5.73. The third-order valence-electron chi connectivity index (χ3n) is 1.80. The Bertz CT molecular complexity index is 496. The van der Waals surface area contributed by atoms with Gasteiger partial charge in [0.25, 0.3) is 0 Å². The molecule has 0 aliphatic carbocycles. The molecule has 1 aromatic carbocycles. The van der Waals surface area contributed by atoms with E-state index in [0.29, 0.717) is 4.47 Å². The monoisotopic (exact) mass is 321 g/mol. The summed E-state index contributed by atoms with van der Waals surface area (Å²) in [5.41, 5.74) is 0.284. The Morgan fingerprint density at radius 3 is 2.67 bits per heavy atom. The maximum atomic E-state index is 11.9. The molecule has 18 heavy (non-hydrogen) atoms. The quantitative estimate of drug-likeness (QED) is 0.879. The summed E-state index contributed by atoms with van der Waals surface area (Å²) < 4.78 is 36.2. The van der Waals surface area contributed by atoms with E-state index in [-0.39, 0.29) is 11.3 Å². The van der Waals surface area contributed by atoms with Crippen LogP contribution in [-0.2, 0) is 0 Å². The van der Waals surface area contributed by atoms with Crippen molar-refractivity contribution >= 4 is 27.6 Å². The molecule has 0 spiro atoms. The topological polar surface area (TPSA) is 64.9 Å². The SMILES string of the molecule is N#Cc1ccc(Br)cc1NC(=O)NCC(F)(F)F. The van der Waals surface area contributed by atoms with E-state index in [0.717, 1.165) is 0 Å². The second-order valence-corrected chi connectivity index (χ2v) is 4.14. The van der Waals surface area contributed by atoms with Crippen LogP contribution in [0.25, 0.3) is 0 Å². The first-order valence-corrected chi connectivity index (χ1v) is 5.42. The Kier molecular flexibility index (Phi) is 4.55. The average Bonchev–Trinajstić information content (AvgIpc) is 2.26. The molecule has 96 valence electrons. The maximum Gasteiger partial charge on any atom is 0.405 e. The number of benzene rings is 1. The van der Waals surface area contributed by atoms with Crippen LogP contribution in [0.4, 0.5) is 23.7 Å². The Hall–Kier alpha value is -1.75. The normalized spacial score (nSPS) is 10.6. The number of hydrogen-bond acceptors (Lipinski definition) is 2. The molecule has 2 N–H and O–H groups in total. The van der Waals surface area contributed by atoms with Crippen molar-refractivity contribution in [2.24, 2.45) is 0 Å². The van der Waals surface area contributed by atoms with Gasteiger partial charge >= 0.3 is 12.2 Å². The zero-order valence-corrected chi connectivity index (χ0v) is 10.4. The first-order valence-electron chi connectivity index (χ1n) is 4.63. The van der Waals surface area contributed by atoms with E-state index in [1.807, 2.05) is 6.07 Å². The van der Waals surface area contributed by atoms with E-state index in [4.69, 9.17) is 5.26 Å². The van der Waals surface area contributed by atoms with Gasteiger partial charge in [0.05, 0.1) is 11.3 Å². The number of rotatable bonds is 2. The van der Waals surface area contributed by atoms with Crippen LogP contribution in [0.2, 0.25) is 0 Å². The summed E-state index contributed by atoms with van der Waals surface area (Å²) in [7, 11) is 0. The van der Waals surface area contributed by atoms with E-state index in [9.17, 15) is 18.0 Å². The van der Waals surface area contributed by atoms with Crippen LogP contribution in [0.5, 0.6) is 0 Å². The molecule has 0 saturated heterocycles. The van der Waals surface area contributed by atoms with Gasteiger partial charge in [-0.15, -0.1) is 0 Å². The summed E-state index contributed by atoms with van der Waals surface area (Å²) in [6, 6.07) is 5.23. The molecule has 0 saturated carbocycles. The molecule has 0 aromatic heterocycles. The van der Waals surface area contributed by atoms with Crippen LogP contribution in [0.1, 0.15) is 5.56 Å². The Morgan fingerprint density at radius 2 is 2.11 bits per heavy atom. The Morgan fingerprint density at radius 1 is 1.44 bits per heavy atom. The van der Waals surface area contributed by atoms with Gasteiger partial charge in [-0.2, -0.15) is 18.4 Å². The highest BCUT2D eigenvalue weighted by Crippen LogP contribution is 2.20. The van der Waals surface area contributed by atoms with E-state index in [1.54, 1.807) is 11.4 Å². The summed E-state index contributed by atoms with van der Waals surface area (Å²) in [4.78, 5) is 11.2. The molecular weight excluding hydrogens is 315 g/mol. The minimum atomic E-state index is -4.48. The number of nitrogens with zero attached hydrogens (tertiary/aromatic N) is 1. The molecule has 0 radical (unpaired) electrons. The summed E-state index contributed by atoms with van der Waals surface area (Å²) in [6.45, 7) is -1.44. The molecule has 0 unspecified atom stereocenters. The van der Waals surface area contributed by atoms with E-state index < -0.39 is 18.8 Å². The molecule has 0 bridgehead atoms. The molecule has 0 heterocycles. The van der Waals surface area contributed by atoms with Gasteiger partial charge in [-0.25, -0.2) is 4.79 Å². The van der Waals surface area contributed by atoms with Crippen molar-refractivity contribution in [3.63, 3.8) is 0 Å². The number of halogens is 4. The van der Waals surface area contributed by atoms with Gasteiger partial charge in [-0.1, -0.05) is 15.9 Å². The number of nitriles is 1. The smallest absolute Gasteiger partial charge is 0.329 e. The zero-order chi connectivity index (χ0) is 13.8. The lowest BCUT2D eigenvalue weighted by Crippen LogP contribution is -2.36. The van der Waals surface area contributed by atoms with E-state index in [1.165, 1.54) is 12.1 Å². The highest BCUT2D eigenvalue weighted by atomic mass is 79.9. The van der Waals surface area contributed by atoms with Crippen LogP contribution >= 0.6 is 15.9 Å². The number of anilines is 1. The van der Waals surface area contributed by atoms with Crippen molar-refractivity contribution in [3.8, 4) is 6.07 Å². The predicted molar refractivity (Wildman–Crippen MR) is 61.9 cm³/mol. The van der Waals surface area contributed by atoms with Gasteiger partial charge in [0.1, 0.15) is 12.6 Å². The molecule has 8 heteroatoms. The van der Waals surface area contributed by atoms with Crippen LogP contribution < -0.4 is 10.6 Å². The lowest BCUT2D eigenvalue weighted by molar-refractivity contribution is -0.122. The first-order chi connectivity index (χ1) is 8.31. The average molecular weight is 322 g/mol. The number of hydrogen-bond donors (Lipinski definition) is 2. The number of amides is 2. The van der Waals surface area contributed by atoms with Crippen molar-refractivity contribution in [1.29, 1.82) is 5.26 Å². The molecule has 1 rings (SSSR count). The molecule has 0 fully saturated rings. The van der Waals surface area contributed by atoms with E-state index >= 15 is 0 Å². The van der Waals surface area contributed by atoms with Crippen LogP contribution in [0.3, 0.4) is 0 Å². The third kappa shape index (κ3) is 4.63. The molecule has 0 atom stereocenters. The van der Waals surface area contributed by atoms with Crippen LogP contribution in [0, 0.1) is 11.3 Å². The molecule has 0 aliphatic rings. The summed E-state index contributed by atoms with van der Waals surface area (Å²) in [5.74, 6) is 0. The minimum absolute atomic E-state index is 0.131. The third-order valence-corrected chi connectivity index (χ3v) is 2.29. The Balaban J connectivity index is 2.70. The van der Waals surface area contributed by atoms with Gasteiger partial charge in [-0.3, -0.25) is 0 Å². The predicted octanol–water partition coefficient (Wildman–Crippen LogP) is 3.00. The van der Waals surface area contributed by atoms with Crippen molar-refractivity contribution in [3.05, 3.63) is 28.2 Å². The van der Waals surface area contributed by atoms with Crippen molar-refractivity contribution in [2.75, 3.05) is 11.9 Å². The fraction of sp³-hybridized carbons (Fsp3) is 0.200. The van der Waals surface area contributed by atoms with Gasteiger partial charge in [0.15, 0.2) is 0 Å². The van der Waals surface area contributed by atoms with Crippen molar-refractivity contribution < 1.29 is 18.0 Å². The maximum absolute atomic E-state index is 11.9. The molecule has 0 aliphatic heterocycles. The summed E-state index contributed by atoms with van der Waals surface area (Å²) >= 11 is 3.13. The minimum Gasteiger partial charge on any atom is -0.329 e. The molecule has 4 nitrogen and oxygen atoms in total. The van der Waals surface area contributed by atoms with Crippen molar-refractivity contribution in [1.82, 2.24) is 5.32 Å². The highest BCUT2D eigenvalue weighted by molar-refractivity contribution is 9.10. The molecular formula is C10H7BrF3N3O. The summed E-state index contributed by atoms with van der Waals surface area (Å²) in [5, 5.41) is 12.6. The standard InChI is InChI=1S/C10H7BrF3N3O/c11-7-2-1-6(4-15)8(3-7)17-9(18)16-5-10(12,13)14/h1-3H,5H2,(H2,16,17,18). The van der Waals surface area contributed by atoms with Crippen molar-refractivity contribution in [2.45, 2.75) is 6.18 Å². The second-order valence-electron chi connectivity index (χ2n) is 3.22. The number of carbonyl (C=O) groups is 1. The van der Waals surface area contributed by atoms with Crippen LogP contribution in [0.15, 0.2) is 22.7 Å². The van der Waals surface area contributed by atoms with Gasteiger partial charge < -0.3 is 10.6 Å². The molecule has 1 aromatic rings. The lowest BCUT2D eigenvalue weighted by atomic mass is 10.2. The van der Waals surface area contributed by atoms with Gasteiger partial charge in [0.2, 0.25) is 0 Å². The number of carbonyl (C=O) groups excluding carboxylic acids is 1. The zero-order valence-electron chi connectivity index (χ0n) is 8.81. The molecule has 2 amide bonds. The lowest BCUT2D eigenvalue weighted by Gasteiger charge is -2.10. The van der Waals surface area contributed by atoms with Gasteiger partial charge in [-0.05, 0) is 18.2 Å². The first kappa shape index (κ1) is 14.3. The van der Waals surface area contributed by atoms with E-state index in [2.05, 4.69) is 21.2 Å². The van der Waals surface area contributed by atoms with Gasteiger partial charge in [0, 0.05) is 4.47 Å². The summed E-state index contributed by atoms with van der Waals surface area (Å²) in [6.07, 6.45) is -4.48. The number of urea groups is 1.